The minimum Gasteiger partial charge on any atom is -0.372 e. The lowest BCUT2D eigenvalue weighted by atomic mass is 10.1. The summed E-state index contributed by atoms with van der Waals surface area (Å²) >= 11 is 0. The predicted octanol–water partition coefficient (Wildman–Crippen LogP) is 2.16. The van der Waals surface area contributed by atoms with Crippen LogP contribution in [0, 0.1) is 5.82 Å². The van der Waals surface area contributed by atoms with Gasteiger partial charge < -0.3 is 15.0 Å². The highest BCUT2D eigenvalue weighted by molar-refractivity contribution is 5.49. The molecule has 0 saturated carbocycles. The highest BCUT2D eigenvalue weighted by Gasteiger charge is 2.22. The highest BCUT2D eigenvalue weighted by atomic mass is 19.1. The molecule has 0 aliphatic carbocycles. The van der Waals surface area contributed by atoms with E-state index in [0.29, 0.717) is 6.54 Å². The number of anilines is 1. The van der Waals surface area contributed by atoms with Gasteiger partial charge in [0.1, 0.15) is 5.82 Å². The molecule has 0 unspecified atom stereocenters. The molecule has 1 fully saturated rings. The van der Waals surface area contributed by atoms with Crippen molar-refractivity contribution in [3.05, 3.63) is 29.6 Å². The maximum absolute atomic E-state index is 13.6. The Morgan fingerprint density at radius 2 is 1.94 bits per heavy atom. The van der Waals surface area contributed by atoms with E-state index in [1.54, 1.807) is 12.1 Å². The molecule has 1 heterocycles. The first kappa shape index (κ1) is 13.3. The fourth-order valence-electron chi connectivity index (χ4n) is 2.51. The molecule has 2 rings (SSSR count). The van der Waals surface area contributed by atoms with E-state index in [1.165, 1.54) is 0 Å². The lowest BCUT2D eigenvalue weighted by Gasteiger charge is -2.37. The van der Waals surface area contributed by atoms with Crippen molar-refractivity contribution in [2.24, 2.45) is 0 Å². The number of nitrogens with zero attached hydrogens (tertiary/aromatic N) is 1. The van der Waals surface area contributed by atoms with Crippen LogP contribution >= 0.6 is 0 Å². The first-order chi connectivity index (χ1) is 8.58. The quantitative estimate of drug-likeness (QED) is 0.892. The average Bonchev–Trinajstić information content (AvgIpc) is 2.27. The summed E-state index contributed by atoms with van der Waals surface area (Å²) in [5.41, 5.74) is 1.92. The number of hydrogen-bond acceptors (Lipinski definition) is 3. The van der Waals surface area contributed by atoms with Crippen molar-refractivity contribution >= 4 is 5.69 Å². The molecule has 0 bridgehead atoms. The van der Waals surface area contributed by atoms with E-state index >= 15 is 0 Å². The number of benzene rings is 1. The van der Waals surface area contributed by atoms with Crippen LogP contribution in [0.2, 0.25) is 0 Å². The van der Waals surface area contributed by atoms with Gasteiger partial charge in [0.25, 0.3) is 0 Å². The van der Waals surface area contributed by atoms with E-state index in [0.717, 1.165) is 24.3 Å². The van der Waals surface area contributed by atoms with Gasteiger partial charge in [0.05, 0.1) is 12.2 Å². The number of nitrogens with one attached hydrogen (secondary N) is 1. The topological polar surface area (TPSA) is 24.5 Å². The van der Waals surface area contributed by atoms with Crippen molar-refractivity contribution in [1.29, 1.82) is 0 Å². The van der Waals surface area contributed by atoms with Gasteiger partial charge in [-0.25, -0.2) is 4.39 Å². The summed E-state index contributed by atoms with van der Waals surface area (Å²) in [7, 11) is 1.86. The Balaban J connectivity index is 2.21. The molecule has 1 saturated heterocycles. The van der Waals surface area contributed by atoms with Gasteiger partial charge in [-0.15, -0.1) is 0 Å². The summed E-state index contributed by atoms with van der Waals surface area (Å²) in [5.74, 6) is -0.176. The van der Waals surface area contributed by atoms with E-state index < -0.39 is 0 Å². The van der Waals surface area contributed by atoms with Gasteiger partial charge in [-0.05, 0) is 44.7 Å². The fraction of sp³-hybridized carbons (Fsp3) is 0.571. The number of ether oxygens (including phenoxy) is 1. The Morgan fingerprint density at radius 3 is 2.56 bits per heavy atom. The molecule has 0 aromatic heterocycles. The Kier molecular flexibility index (Phi) is 4.19. The summed E-state index contributed by atoms with van der Waals surface area (Å²) in [6.45, 7) is 6.41. The highest BCUT2D eigenvalue weighted by Crippen LogP contribution is 2.23. The molecule has 2 atom stereocenters. The Morgan fingerprint density at radius 1 is 1.28 bits per heavy atom. The normalized spacial score (nSPS) is 24.3. The summed E-state index contributed by atoms with van der Waals surface area (Å²) in [5, 5.41) is 3.05. The second-order valence-electron chi connectivity index (χ2n) is 5.01. The Hall–Kier alpha value is -1.13. The molecule has 0 radical (unpaired) electrons. The molecular weight excluding hydrogens is 231 g/mol. The molecule has 100 valence electrons. The molecule has 1 aliphatic heterocycles. The van der Waals surface area contributed by atoms with Gasteiger partial charge in [0.15, 0.2) is 0 Å². The van der Waals surface area contributed by atoms with Crippen LogP contribution in [0.5, 0.6) is 0 Å². The number of morpholine rings is 1. The zero-order valence-electron chi connectivity index (χ0n) is 11.2. The third-order valence-corrected chi connectivity index (χ3v) is 3.11. The number of rotatable bonds is 3. The molecule has 0 spiro atoms. The third-order valence-electron chi connectivity index (χ3n) is 3.11. The zero-order valence-corrected chi connectivity index (χ0v) is 11.2. The van der Waals surface area contributed by atoms with Gasteiger partial charge in [-0.1, -0.05) is 0 Å². The van der Waals surface area contributed by atoms with Gasteiger partial charge >= 0.3 is 0 Å². The van der Waals surface area contributed by atoms with Crippen LogP contribution in [-0.2, 0) is 11.3 Å². The minimum atomic E-state index is -0.176. The van der Waals surface area contributed by atoms with Crippen LogP contribution in [0.4, 0.5) is 10.1 Å². The monoisotopic (exact) mass is 252 g/mol. The van der Waals surface area contributed by atoms with Crippen LogP contribution in [0.25, 0.3) is 0 Å². The molecule has 1 aliphatic rings. The lowest BCUT2D eigenvalue weighted by molar-refractivity contribution is -0.00523. The smallest absolute Gasteiger partial charge is 0.125 e. The summed E-state index contributed by atoms with van der Waals surface area (Å²) in [6, 6.07) is 5.22. The fourth-order valence-corrected chi connectivity index (χ4v) is 2.51. The van der Waals surface area contributed by atoms with Crippen LogP contribution in [-0.4, -0.2) is 32.3 Å². The van der Waals surface area contributed by atoms with Crippen molar-refractivity contribution in [3.8, 4) is 0 Å². The third kappa shape index (κ3) is 3.21. The Labute approximate surface area is 108 Å². The van der Waals surface area contributed by atoms with Crippen LogP contribution < -0.4 is 10.2 Å². The lowest BCUT2D eigenvalue weighted by Crippen LogP contribution is -2.45. The maximum atomic E-state index is 13.6. The molecule has 1 N–H and O–H groups in total. The minimum absolute atomic E-state index is 0.176. The Bertz CT molecular complexity index is 401. The van der Waals surface area contributed by atoms with E-state index in [9.17, 15) is 4.39 Å². The number of hydrogen-bond donors (Lipinski definition) is 1. The predicted molar refractivity (Wildman–Crippen MR) is 71.4 cm³/mol. The maximum Gasteiger partial charge on any atom is 0.125 e. The zero-order chi connectivity index (χ0) is 13.1. The van der Waals surface area contributed by atoms with Gasteiger partial charge in [0.2, 0.25) is 0 Å². The van der Waals surface area contributed by atoms with E-state index in [4.69, 9.17) is 4.74 Å². The van der Waals surface area contributed by atoms with Gasteiger partial charge in [0, 0.05) is 25.3 Å². The van der Waals surface area contributed by atoms with Crippen molar-refractivity contribution in [2.75, 3.05) is 25.0 Å². The molecule has 0 amide bonds. The summed E-state index contributed by atoms with van der Waals surface area (Å²) < 4.78 is 19.3. The molecule has 18 heavy (non-hydrogen) atoms. The molecule has 1 aromatic rings. The van der Waals surface area contributed by atoms with Crippen LogP contribution in [0.3, 0.4) is 0 Å². The standard InChI is InChI=1S/C14H21FN2O/c1-10-8-17(9-11(2)18-10)14-5-12(7-16-3)4-13(15)6-14/h4-6,10-11,16H,7-9H2,1-3H3/t10-,11+. The first-order valence-corrected chi connectivity index (χ1v) is 6.43. The van der Waals surface area contributed by atoms with Gasteiger partial charge in [-0.2, -0.15) is 0 Å². The van der Waals surface area contributed by atoms with E-state index in [-0.39, 0.29) is 18.0 Å². The average molecular weight is 252 g/mol. The molecule has 3 nitrogen and oxygen atoms in total. The summed E-state index contributed by atoms with van der Waals surface area (Å²) in [6.07, 6.45) is 0.370. The van der Waals surface area contributed by atoms with E-state index in [2.05, 4.69) is 24.1 Å². The van der Waals surface area contributed by atoms with Gasteiger partial charge in [-0.3, -0.25) is 0 Å². The largest absolute Gasteiger partial charge is 0.372 e. The van der Waals surface area contributed by atoms with Crippen molar-refractivity contribution in [1.82, 2.24) is 5.32 Å². The molecule has 1 aromatic carbocycles. The second kappa shape index (κ2) is 5.67. The molecule has 4 heteroatoms. The van der Waals surface area contributed by atoms with Crippen LogP contribution in [0.1, 0.15) is 19.4 Å². The summed E-state index contributed by atoms with van der Waals surface area (Å²) in [4.78, 5) is 2.20. The van der Waals surface area contributed by atoms with Crippen LogP contribution in [0.15, 0.2) is 18.2 Å². The first-order valence-electron chi connectivity index (χ1n) is 6.43. The SMILES string of the molecule is CNCc1cc(F)cc(N2C[C@@H](C)O[C@@H](C)C2)c1. The van der Waals surface area contributed by atoms with Crippen molar-refractivity contribution in [3.63, 3.8) is 0 Å². The second-order valence-corrected chi connectivity index (χ2v) is 5.01. The van der Waals surface area contributed by atoms with Crippen molar-refractivity contribution in [2.45, 2.75) is 32.6 Å². The van der Waals surface area contributed by atoms with E-state index in [1.807, 2.05) is 13.1 Å². The molecular formula is C14H21FN2O. The number of halogens is 1. The van der Waals surface area contributed by atoms with Crippen molar-refractivity contribution < 1.29 is 9.13 Å².